The highest BCUT2D eigenvalue weighted by Crippen LogP contribution is 2.31. The summed E-state index contributed by atoms with van der Waals surface area (Å²) in [6, 6.07) is 14.6. The fraction of sp³-hybridized carbons (Fsp3) is 0.292. The molecule has 1 aliphatic heterocycles. The molecule has 3 amide bonds. The highest BCUT2D eigenvalue weighted by molar-refractivity contribution is 6.05. The van der Waals surface area contributed by atoms with Crippen molar-refractivity contribution < 1.29 is 19.1 Å². The van der Waals surface area contributed by atoms with Crippen molar-refractivity contribution in [3.63, 3.8) is 0 Å². The lowest BCUT2D eigenvalue weighted by Gasteiger charge is -2.28. The zero-order valence-corrected chi connectivity index (χ0v) is 18.2. The predicted molar refractivity (Wildman–Crippen MR) is 123 cm³/mol. The van der Waals surface area contributed by atoms with E-state index in [1.54, 1.807) is 29.2 Å². The first kappa shape index (κ1) is 21.4. The van der Waals surface area contributed by atoms with Gasteiger partial charge in [-0.15, -0.1) is 0 Å². The van der Waals surface area contributed by atoms with E-state index in [9.17, 15) is 14.4 Å². The van der Waals surface area contributed by atoms with Crippen LogP contribution in [0.1, 0.15) is 13.8 Å². The molecule has 0 aliphatic carbocycles. The molecular weight excluding hydrogens is 408 g/mol. The van der Waals surface area contributed by atoms with E-state index in [0.717, 1.165) is 10.9 Å². The second kappa shape index (κ2) is 9.13. The lowest BCUT2D eigenvalue weighted by molar-refractivity contribution is -0.131. The number of hydrogen-bond acceptors (Lipinski definition) is 4. The highest BCUT2D eigenvalue weighted by atomic mass is 16.5. The Balaban J connectivity index is 1.45. The van der Waals surface area contributed by atoms with Crippen LogP contribution in [0.3, 0.4) is 0 Å². The molecule has 32 heavy (non-hydrogen) atoms. The Labute approximate surface area is 186 Å². The van der Waals surface area contributed by atoms with Crippen LogP contribution in [0.25, 0.3) is 10.9 Å². The van der Waals surface area contributed by atoms with E-state index in [1.807, 2.05) is 48.9 Å². The largest absolute Gasteiger partial charge is 0.482 e. The Morgan fingerprint density at radius 1 is 1.06 bits per heavy atom. The molecule has 2 heterocycles. The van der Waals surface area contributed by atoms with Crippen molar-refractivity contribution in [2.75, 3.05) is 36.5 Å². The summed E-state index contributed by atoms with van der Waals surface area (Å²) >= 11 is 0. The third-order valence-corrected chi connectivity index (χ3v) is 5.59. The molecule has 8 heteroatoms. The van der Waals surface area contributed by atoms with Crippen LogP contribution in [0.5, 0.6) is 5.75 Å². The summed E-state index contributed by atoms with van der Waals surface area (Å²) < 4.78 is 7.33. The average molecular weight is 434 g/mol. The average Bonchev–Trinajstić information content (AvgIpc) is 3.18. The van der Waals surface area contributed by atoms with Crippen LogP contribution in [0, 0.1) is 0 Å². The van der Waals surface area contributed by atoms with Crippen molar-refractivity contribution in [3.05, 3.63) is 54.7 Å². The molecule has 0 unspecified atom stereocenters. The van der Waals surface area contributed by atoms with Crippen LogP contribution in [0.2, 0.25) is 0 Å². The van der Waals surface area contributed by atoms with Gasteiger partial charge in [-0.2, -0.15) is 0 Å². The topological polar surface area (TPSA) is 83.9 Å². The number of nitrogens with one attached hydrogen (secondary N) is 1. The number of para-hydroxylation sites is 2. The van der Waals surface area contributed by atoms with Crippen molar-refractivity contribution in [1.82, 2.24) is 9.47 Å². The number of amides is 3. The molecule has 1 aromatic heterocycles. The van der Waals surface area contributed by atoms with E-state index in [0.29, 0.717) is 30.2 Å². The molecule has 0 bridgehead atoms. The van der Waals surface area contributed by atoms with Gasteiger partial charge in [0.05, 0.1) is 5.69 Å². The van der Waals surface area contributed by atoms with Gasteiger partial charge in [0.2, 0.25) is 11.8 Å². The summed E-state index contributed by atoms with van der Waals surface area (Å²) in [6.07, 6.45) is 1.88. The quantitative estimate of drug-likeness (QED) is 0.620. The van der Waals surface area contributed by atoms with Crippen LogP contribution in [0.4, 0.5) is 11.4 Å². The Bertz CT molecular complexity index is 1170. The van der Waals surface area contributed by atoms with E-state index >= 15 is 0 Å². The Morgan fingerprint density at radius 2 is 1.84 bits per heavy atom. The SMILES string of the molecule is CCN(CC)C(=O)Cn1ccc2cc(NC(=O)CN3C(=O)COc4ccccc43)ccc21. The molecule has 4 rings (SSSR count). The highest BCUT2D eigenvalue weighted by Gasteiger charge is 2.27. The monoisotopic (exact) mass is 434 g/mol. The third-order valence-electron chi connectivity index (χ3n) is 5.59. The maximum atomic E-state index is 12.7. The van der Waals surface area contributed by atoms with Crippen molar-refractivity contribution >= 4 is 40.0 Å². The van der Waals surface area contributed by atoms with E-state index in [2.05, 4.69) is 5.32 Å². The molecule has 0 saturated heterocycles. The van der Waals surface area contributed by atoms with Crippen LogP contribution in [-0.2, 0) is 20.9 Å². The Morgan fingerprint density at radius 3 is 2.62 bits per heavy atom. The van der Waals surface area contributed by atoms with Gasteiger partial charge in [0, 0.05) is 35.9 Å². The molecule has 8 nitrogen and oxygen atoms in total. The fourth-order valence-electron chi connectivity index (χ4n) is 3.91. The van der Waals surface area contributed by atoms with Gasteiger partial charge < -0.3 is 19.5 Å². The number of anilines is 2. The van der Waals surface area contributed by atoms with Gasteiger partial charge in [-0.1, -0.05) is 12.1 Å². The summed E-state index contributed by atoms with van der Waals surface area (Å²) in [5.41, 5.74) is 2.13. The van der Waals surface area contributed by atoms with Crippen LogP contribution >= 0.6 is 0 Å². The van der Waals surface area contributed by atoms with Crippen molar-refractivity contribution in [2.24, 2.45) is 0 Å². The maximum absolute atomic E-state index is 12.7. The van der Waals surface area contributed by atoms with Crippen molar-refractivity contribution in [2.45, 2.75) is 20.4 Å². The lowest BCUT2D eigenvalue weighted by Crippen LogP contribution is -2.43. The maximum Gasteiger partial charge on any atom is 0.265 e. The van der Waals surface area contributed by atoms with Gasteiger partial charge in [0.1, 0.15) is 18.8 Å². The molecule has 0 fully saturated rings. The van der Waals surface area contributed by atoms with Crippen molar-refractivity contribution in [3.8, 4) is 5.75 Å². The normalized spacial score (nSPS) is 12.9. The number of hydrogen-bond donors (Lipinski definition) is 1. The summed E-state index contributed by atoms with van der Waals surface area (Å²) in [5, 5.41) is 3.78. The van der Waals surface area contributed by atoms with Crippen LogP contribution in [-0.4, -0.2) is 53.4 Å². The first-order valence-electron chi connectivity index (χ1n) is 10.7. The summed E-state index contributed by atoms with van der Waals surface area (Å²) in [6.45, 7) is 5.38. The van der Waals surface area contributed by atoms with Gasteiger partial charge in [0.15, 0.2) is 6.61 Å². The predicted octanol–water partition coefficient (Wildman–Crippen LogP) is 2.87. The van der Waals surface area contributed by atoms with E-state index in [4.69, 9.17) is 4.74 Å². The molecule has 0 saturated carbocycles. The minimum absolute atomic E-state index is 0.0698. The van der Waals surface area contributed by atoms with Gasteiger partial charge in [-0.3, -0.25) is 19.3 Å². The molecule has 166 valence electrons. The molecule has 1 aliphatic rings. The third kappa shape index (κ3) is 4.30. The fourth-order valence-corrected chi connectivity index (χ4v) is 3.91. The number of aromatic nitrogens is 1. The van der Waals surface area contributed by atoms with Gasteiger partial charge in [-0.05, 0) is 50.2 Å². The van der Waals surface area contributed by atoms with Gasteiger partial charge in [-0.25, -0.2) is 0 Å². The molecule has 0 atom stereocenters. The molecular formula is C24H26N4O4. The Hall–Kier alpha value is -3.81. The zero-order chi connectivity index (χ0) is 22.7. The minimum Gasteiger partial charge on any atom is -0.482 e. The number of ether oxygens (including phenoxy) is 1. The zero-order valence-electron chi connectivity index (χ0n) is 18.2. The first-order chi connectivity index (χ1) is 15.5. The molecule has 3 aromatic rings. The second-order valence-electron chi connectivity index (χ2n) is 7.57. The summed E-state index contributed by atoms with van der Waals surface area (Å²) in [5.74, 6) is 0.0945. The summed E-state index contributed by atoms with van der Waals surface area (Å²) in [4.78, 5) is 40.6. The number of benzene rings is 2. The number of carbonyl (C=O) groups excluding carboxylic acids is 3. The standard InChI is InChI=1S/C24H26N4O4/c1-3-26(4-2)23(30)15-27-12-11-17-13-18(9-10-19(17)27)25-22(29)14-28-20-7-5-6-8-21(20)32-16-24(28)31/h5-13H,3-4,14-16H2,1-2H3,(H,25,29). The van der Waals surface area contributed by atoms with E-state index in [1.165, 1.54) is 4.90 Å². The van der Waals surface area contributed by atoms with E-state index in [-0.39, 0.29) is 37.4 Å². The smallest absolute Gasteiger partial charge is 0.265 e. The molecule has 2 aromatic carbocycles. The number of fused-ring (bicyclic) bond motifs is 2. The molecule has 1 N–H and O–H groups in total. The number of carbonyl (C=O) groups is 3. The Kier molecular flexibility index (Phi) is 6.11. The van der Waals surface area contributed by atoms with E-state index < -0.39 is 0 Å². The van der Waals surface area contributed by atoms with Gasteiger partial charge >= 0.3 is 0 Å². The number of rotatable bonds is 7. The summed E-state index contributed by atoms with van der Waals surface area (Å²) in [7, 11) is 0. The minimum atomic E-state index is -0.300. The molecule has 0 spiro atoms. The number of nitrogens with zero attached hydrogens (tertiary/aromatic N) is 3. The van der Waals surface area contributed by atoms with Crippen LogP contribution < -0.4 is 15.0 Å². The van der Waals surface area contributed by atoms with Gasteiger partial charge in [0.25, 0.3) is 5.91 Å². The van der Waals surface area contributed by atoms with Crippen LogP contribution in [0.15, 0.2) is 54.7 Å². The number of likely N-dealkylation sites (N-methyl/N-ethyl adjacent to an activating group) is 1. The first-order valence-corrected chi connectivity index (χ1v) is 10.7. The second-order valence-corrected chi connectivity index (χ2v) is 7.57. The molecule has 0 radical (unpaired) electrons. The lowest BCUT2D eigenvalue weighted by atomic mass is 10.2. The van der Waals surface area contributed by atoms with Crippen molar-refractivity contribution in [1.29, 1.82) is 0 Å².